The van der Waals surface area contributed by atoms with E-state index in [1.54, 1.807) is 0 Å². The maximum absolute atomic E-state index is 3.76. The van der Waals surface area contributed by atoms with Crippen LogP contribution in [0.15, 0.2) is 24.3 Å². The van der Waals surface area contributed by atoms with Crippen LogP contribution in [0.1, 0.15) is 20.3 Å². The second-order valence-electron chi connectivity index (χ2n) is 1.92. The van der Waals surface area contributed by atoms with Crippen molar-refractivity contribution in [1.82, 2.24) is 0 Å². The normalized spacial score (nSPS) is 10.2. The molecule has 0 aliphatic carbocycles. The SMILES string of the molecule is C=C(C)C[CH]/C=C/C. The molecule has 0 N–H and O–H groups in total. The van der Waals surface area contributed by atoms with Gasteiger partial charge >= 0.3 is 0 Å². The first-order chi connectivity index (χ1) is 3.77. The van der Waals surface area contributed by atoms with Crippen molar-refractivity contribution in [2.75, 3.05) is 0 Å². The van der Waals surface area contributed by atoms with Crippen LogP contribution >= 0.6 is 0 Å². The van der Waals surface area contributed by atoms with E-state index in [9.17, 15) is 0 Å². The third-order valence-corrected chi connectivity index (χ3v) is 0.795. The van der Waals surface area contributed by atoms with Gasteiger partial charge in [-0.3, -0.25) is 0 Å². The first kappa shape index (κ1) is 7.48. The number of rotatable bonds is 3. The van der Waals surface area contributed by atoms with Crippen molar-refractivity contribution >= 4 is 0 Å². The van der Waals surface area contributed by atoms with Crippen molar-refractivity contribution in [2.45, 2.75) is 20.3 Å². The topological polar surface area (TPSA) is 0 Å². The molecule has 0 amide bonds. The Kier molecular flexibility index (Phi) is 4.33. The number of hydrogen-bond donors (Lipinski definition) is 0. The second-order valence-corrected chi connectivity index (χ2v) is 1.92. The van der Waals surface area contributed by atoms with Crippen molar-refractivity contribution in [2.24, 2.45) is 0 Å². The summed E-state index contributed by atoms with van der Waals surface area (Å²) in [6, 6.07) is 0. The van der Waals surface area contributed by atoms with Gasteiger partial charge in [0.1, 0.15) is 0 Å². The summed E-state index contributed by atoms with van der Waals surface area (Å²) in [6.45, 7) is 7.80. The molecule has 0 heterocycles. The Hall–Kier alpha value is -0.520. The highest BCUT2D eigenvalue weighted by Crippen LogP contribution is 1.98. The zero-order chi connectivity index (χ0) is 6.41. The quantitative estimate of drug-likeness (QED) is 0.489. The van der Waals surface area contributed by atoms with E-state index in [1.165, 1.54) is 5.57 Å². The molecule has 0 heteroatoms. The largest absolute Gasteiger partial charge is 0.100 e. The minimum atomic E-state index is 1.00. The Bertz CT molecular complexity index is 88.2. The van der Waals surface area contributed by atoms with E-state index < -0.39 is 0 Å². The van der Waals surface area contributed by atoms with Crippen LogP contribution in [-0.4, -0.2) is 0 Å². The highest BCUT2D eigenvalue weighted by atomic mass is 13.9. The lowest BCUT2D eigenvalue weighted by molar-refractivity contribution is 1.16. The van der Waals surface area contributed by atoms with Crippen molar-refractivity contribution in [1.29, 1.82) is 0 Å². The molecule has 0 rings (SSSR count). The molecule has 0 saturated heterocycles. The van der Waals surface area contributed by atoms with Gasteiger partial charge in [0.2, 0.25) is 0 Å². The van der Waals surface area contributed by atoms with E-state index in [-0.39, 0.29) is 0 Å². The lowest BCUT2D eigenvalue weighted by atomic mass is 10.2. The predicted octanol–water partition coefficient (Wildman–Crippen LogP) is 2.73. The molecule has 0 atom stereocenters. The molecular weight excluding hydrogens is 96.1 g/mol. The molecule has 8 heavy (non-hydrogen) atoms. The fraction of sp³-hybridized carbons (Fsp3) is 0.375. The molecule has 0 nitrogen and oxygen atoms in total. The Morgan fingerprint density at radius 1 is 1.62 bits per heavy atom. The molecule has 45 valence electrons. The molecule has 1 radical (unpaired) electrons. The van der Waals surface area contributed by atoms with E-state index in [0.29, 0.717) is 0 Å². The third kappa shape index (κ3) is 5.48. The van der Waals surface area contributed by atoms with Crippen LogP contribution < -0.4 is 0 Å². The summed E-state index contributed by atoms with van der Waals surface area (Å²) >= 11 is 0. The Balaban J connectivity index is 3.05. The van der Waals surface area contributed by atoms with Gasteiger partial charge < -0.3 is 0 Å². The van der Waals surface area contributed by atoms with Crippen LogP contribution in [0.4, 0.5) is 0 Å². The molecule has 0 unspecified atom stereocenters. The van der Waals surface area contributed by atoms with Crippen LogP contribution in [0.25, 0.3) is 0 Å². The van der Waals surface area contributed by atoms with E-state index in [2.05, 4.69) is 13.0 Å². The molecule has 0 saturated carbocycles. The Morgan fingerprint density at radius 2 is 2.25 bits per heavy atom. The highest BCUT2D eigenvalue weighted by Gasteiger charge is 1.80. The summed E-state index contributed by atoms with van der Waals surface area (Å²) in [7, 11) is 0. The van der Waals surface area contributed by atoms with Gasteiger partial charge in [0.25, 0.3) is 0 Å². The van der Waals surface area contributed by atoms with E-state index in [0.717, 1.165) is 6.42 Å². The highest BCUT2D eigenvalue weighted by molar-refractivity contribution is 5.02. The van der Waals surface area contributed by atoms with Gasteiger partial charge in [-0.1, -0.05) is 17.7 Å². The molecule has 0 aromatic rings. The lowest BCUT2D eigenvalue weighted by Gasteiger charge is -1.89. The molecule has 0 aliphatic heterocycles. The predicted molar refractivity (Wildman–Crippen MR) is 38.5 cm³/mol. The van der Waals surface area contributed by atoms with Crippen LogP contribution in [0.2, 0.25) is 0 Å². The van der Waals surface area contributed by atoms with Crippen LogP contribution in [0.3, 0.4) is 0 Å². The van der Waals surface area contributed by atoms with Crippen molar-refractivity contribution in [3.8, 4) is 0 Å². The van der Waals surface area contributed by atoms with Crippen molar-refractivity contribution in [3.63, 3.8) is 0 Å². The monoisotopic (exact) mass is 109 g/mol. The molecule has 0 fully saturated rings. The van der Waals surface area contributed by atoms with E-state index >= 15 is 0 Å². The fourth-order valence-corrected chi connectivity index (χ4v) is 0.405. The smallest absolute Gasteiger partial charge is 0.0131 e. The molecule has 0 spiro atoms. The van der Waals surface area contributed by atoms with Gasteiger partial charge in [-0.15, -0.1) is 6.58 Å². The zero-order valence-corrected chi connectivity index (χ0v) is 5.65. The molecule has 0 bridgehead atoms. The van der Waals surface area contributed by atoms with E-state index in [4.69, 9.17) is 0 Å². The molecule has 0 aliphatic rings. The maximum Gasteiger partial charge on any atom is -0.0131 e. The van der Waals surface area contributed by atoms with Gasteiger partial charge in [0, 0.05) is 0 Å². The van der Waals surface area contributed by atoms with Gasteiger partial charge in [-0.25, -0.2) is 0 Å². The van der Waals surface area contributed by atoms with E-state index in [1.807, 2.05) is 26.0 Å². The maximum atomic E-state index is 3.76. The number of hydrogen-bond acceptors (Lipinski definition) is 0. The minimum absolute atomic E-state index is 1.00. The molecule has 0 aromatic carbocycles. The molecule has 0 aromatic heterocycles. The Morgan fingerprint density at radius 3 is 2.62 bits per heavy atom. The fourth-order valence-electron chi connectivity index (χ4n) is 0.405. The molecular formula is C8H13. The van der Waals surface area contributed by atoms with Gasteiger partial charge in [-0.2, -0.15) is 0 Å². The van der Waals surface area contributed by atoms with Crippen LogP contribution in [0.5, 0.6) is 0 Å². The third-order valence-electron chi connectivity index (χ3n) is 0.795. The standard InChI is InChI=1S/C8H13/c1-4-5-6-7-8(2)3/h4-6H,2,7H2,1,3H3/b5-4+. The lowest BCUT2D eigenvalue weighted by Crippen LogP contribution is -1.70. The van der Waals surface area contributed by atoms with Gasteiger partial charge in [0.05, 0.1) is 0 Å². The average molecular weight is 109 g/mol. The van der Waals surface area contributed by atoms with Gasteiger partial charge in [0.15, 0.2) is 0 Å². The summed E-state index contributed by atoms with van der Waals surface area (Å²) in [5.74, 6) is 0. The zero-order valence-electron chi connectivity index (χ0n) is 5.65. The Labute approximate surface area is 51.9 Å². The van der Waals surface area contributed by atoms with Crippen LogP contribution in [-0.2, 0) is 0 Å². The minimum Gasteiger partial charge on any atom is -0.100 e. The van der Waals surface area contributed by atoms with Crippen LogP contribution in [0, 0.1) is 6.42 Å². The summed E-state index contributed by atoms with van der Waals surface area (Å²) in [5.41, 5.74) is 1.21. The second kappa shape index (κ2) is 4.63. The first-order valence-corrected chi connectivity index (χ1v) is 2.86. The van der Waals surface area contributed by atoms with Crippen molar-refractivity contribution in [3.05, 3.63) is 30.7 Å². The summed E-state index contributed by atoms with van der Waals surface area (Å²) in [4.78, 5) is 0. The number of allylic oxidation sites excluding steroid dienone is 3. The van der Waals surface area contributed by atoms with Crippen molar-refractivity contribution < 1.29 is 0 Å². The summed E-state index contributed by atoms with van der Waals surface area (Å²) in [6.07, 6.45) is 7.16. The summed E-state index contributed by atoms with van der Waals surface area (Å²) < 4.78 is 0. The average Bonchev–Trinajstić information content (AvgIpc) is 1.66. The van der Waals surface area contributed by atoms with Gasteiger partial charge in [-0.05, 0) is 26.7 Å². The first-order valence-electron chi connectivity index (χ1n) is 2.86. The summed E-state index contributed by atoms with van der Waals surface area (Å²) in [5, 5.41) is 0.